The first-order chi connectivity index (χ1) is 9.70. The minimum absolute atomic E-state index is 0.355. The van der Waals surface area contributed by atoms with Crippen LogP contribution < -0.4 is 5.32 Å². The van der Waals surface area contributed by atoms with E-state index in [0.29, 0.717) is 6.04 Å². The van der Waals surface area contributed by atoms with Crippen LogP contribution in [-0.2, 0) is 7.05 Å². The number of aryl methyl sites for hydroxylation is 2. The number of benzene rings is 1. The van der Waals surface area contributed by atoms with Gasteiger partial charge < -0.3 is 5.32 Å². The Bertz CT molecular complexity index is 536. The fraction of sp³-hybridized carbons (Fsp3) is 0.438. The van der Waals surface area contributed by atoms with Crippen LogP contribution in [0.5, 0.6) is 0 Å². The third-order valence-corrected chi connectivity index (χ3v) is 4.54. The number of thioether (sulfide) groups is 1. The summed E-state index contributed by atoms with van der Waals surface area (Å²) in [5.74, 6) is 1.02. The normalized spacial score (nSPS) is 12.6. The summed E-state index contributed by atoms with van der Waals surface area (Å²) in [7, 11) is 1.97. The number of hydrogen-bond donors (Lipinski definition) is 1. The summed E-state index contributed by atoms with van der Waals surface area (Å²) in [5, 5.41) is 7.90. The van der Waals surface area contributed by atoms with Gasteiger partial charge in [-0.3, -0.25) is 4.68 Å². The van der Waals surface area contributed by atoms with Crippen molar-refractivity contribution >= 4 is 11.8 Å². The van der Waals surface area contributed by atoms with Gasteiger partial charge in [-0.15, -0.1) is 11.8 Å². The molecule has 2 aromatic rings. The highest BCUT2D eigenvalue weighted by molar-refractivity contribution is 7.99. The predicted molar refractivity (Wildman–Crippen MR) is 86.1 cm³/mol. The van der Waals surface area contributed by atoms with Crippen LogP contribution >= 0.6 is 11.8 Å². The van der Waals surface area contributed by atoms with E-state index in [4.69, 9.17) is 0 Å². The Morgan fingerprint density at radius 2 is 2.15 bits per heavy atom. The van der Waals surface area contributed by atoms with Crippen LogP contribution in [0.25, 0.3) is 0 Å². The number of nitrogens with zero attached hydrogens (tertiary/aromatic N) is 2. The van der Waals surface area contributed by atoms with Gasteiger partial charge in [-0.05, 0) is 31.5 Å². The van der Waals surface area contributed by atoms with Crippen molar-refractivity contribution < 1.29 is 0 Å². The smallest absolute Gasteiger partial charge is 0.0537 e. The third kappa shape index (κ3) is 4.12. The molecule has 1 heterocycles. The maximum absolute atomic E-state index is 4.29. The molecular formula is C16H23N3S. The van der Waals surface area contributed by atoms with Crippen molar-refractivity contribution in [1.29, 1.82) is 0 Å². The lowest BCUT2D eigenvalue weighted by molar-refractivity contribution is 0.577. The maximum atomic E-state index is 4.29. The van der Waals surface area contributed by atoms with Gasteiger partial charge >= 0.3 is 0 Å². The molecular weight excluding hydrogens is 266 g/mol. The molecule has 1 aromatic heterocycles. The Balaban J connectivity index is 2.03. The molecule has 0 saturated carbocycles. The van der Waals surface area contributed by atoms with Crippen LogP contribution in [0.3, 0.4) is 0 Å². The highest BCUT2D eigenvalue weighted by Crippen LogP contribution is 2.27. The zero-order valence-corrected chi connectivity index (χ0v) is 13.3. The Morgan fingerprint density at radius 1 is 1.35 bits per heavy atom. The van der Waals surface area contributed by atoms with E-state index in [2.05, 4.69) is 54.7 Å². The molecule has 0 aliphatic carbocycles. The highest BCUT2D eigenvalue weighted by atomic mass is 32.2. The largest absolute Gasteiger partial charge is 0.309 e. The van der Waals surface area contributed by atoms with Gasteiger partial charge in [0.15, 0.2) is 0 Å². The monoisotopic (exact) mass is 289 g/mol. The van der Waals surface area contributed by atoms with E-state index < -0.39 is 0 Å². The molecule has 0 bridgehead atoms. The first kappa shape index (κ1) is 15.1. The van der Waals surface area contributed by atoms with Crippen molar-refractivity contribution in [1.82, 2.24) is 15.1 Å². The Labute approximate surface area is 125 Å². The Hall–Kier alpha value is -1.26. The zero-order valence-electron chi connectivity index (χ0n) is 12.5. The standard InChI is InChI=1S/C16H23N3S/c1-4-9-17-15(14-10-18-19(3)11-14)12-20-16-8-6-5-7-13(16)2/h5-8,10-11,15,17H,4,9,12H2,1-3H3. The molecule has 3 nitrogen and oxygen atoms in total. The molecule has 108 valence electrons. The van der Waals surface area contributed by atoms with Crippen LogP contribution in [0.2, 0.25) is 0 Å². The summed E-state index contributed by atoms with van der Waals surface area (Å²) in [6.45, 7) is 5.40. The van der Waals surface area contributed by atoms with E-state index >= 15 is 0 Å². The number of rotatable bonds is 7. The van der Waals surface area contributed by atoms with Crippen LogP contribution in [0, 0.1) is 6.92 Å². The van der Waals surface area contributed by atoms with Gasteiger partial charge in [0.1, 0.15) is 0 Å². The summed E-state index contributed by atoms with van der Waals surface area (Å²) >= 11 is 1.91. The van der Waals surface area contributed by atoms with Crippen molar-refractivity contribution in [3.8, 4) is 0 Å². The lowest BCUT2D eigenvalue weighted by Gasteiger charge is -2.17. The molecule has 2 rings (SSSR count). The second-order valence-corrected chi connectivity index (χ2v) is 6.09. The molecule has 0 radical (unpaired) electrons. The first-order valence-electron chi connectivity index (χ1n) is 7.11. The molecule has 0 saturated heterocycles. The summed E-state index contributed by atoms with van der Waals surface area (Å²) in [4.78, 5) is 1.36. The van der Waals surface area contributed by atoms with E-state index in [1.165, 1.54) is 16.0 Å². The molecule has 0 fully saturated rings. The van der Waals surface area contributed by atoms with Crippen LogP contribution in [0.1, 0.15) is 30.5 Å². The summed E-state index contributed by atoms with van der Waals surface area (Å²) in [5.41, 5.74) is 2.61. The van der Waals surface area contributed by atoms with Crippen LogP contribution in [-0.4, -0.2) is 22.1 Å². The average Bonchev–Trinajstić information content (AvgIpc) is 2.87. The molecule has 1 atom stereocenters. The minimum Gasteiger partial charge on any atom is -0.309 e. The van der Waals surface area contributed by atoms with Gasteiger partial charge in [-0.2, -0.15) is 5.10 Å². The number of hydrogen-bond acceptors (Lipinski definition) is 3. The number of nitrogens with one attached hydrogen (secondary N) is 1. The van der Waals surface area contributed by atoms with Crippen LogP contribution in [0.15, 0.2) is 41.6 Å². The van der Waals surface area contributed by atoms with Gasteiger partial charge in [-0.25, -0.2) is 0 Å². The number of aromatic nitrogens is 2. The Morgan fingerprint density at radius 3 is 2.80 bits per heavy atom. The van der Waals surface area contributed by atoms with Gasteiger partial charge in [-0.1, -0.05) is 25.1 Å². The Kier molecular flexibility index (Phi) is 5.68. The van der Waals surface area contributed by atoms with Gasteiger partial charge in [0.2, 0.25) is 0 Å². The molecule has 0 amide bonds. The summed E-state index contributed by atoms with van der Waals surface area (Å²) in [6, 6.07) is 8.91. The SMILES string of the molecule is CCCNC(CSc1ccccc1C)c1cnn(C)c1. The minimum atomic E-state index is 0.355. The predicted octanol–water partition coefficient (Wildman–Crippen LogP) is 3.56. The molecule has 0 aliphatic rings. The van der Waals surface area contributed by atoms with Gasteiger partial charge in [0.25, 0.3) is 0 Å². The second kappa shape index (κ2) is 7.50. The van der Waals surface area contributed by atoms with E-state index in [9.17, 15) is 0 Å². The molecule has 1 N–H and O–H groups in total. The maximum Gasteiger partial charge on any atom is 0.0537 e. The lowest BCUT2D eigenvalue weighted by atomic mass is 10.2. The van der Waals surface area contributed by atoms with Crippen LogP contribution in [0.4, 0.5) is 0 Å². The molecule has 1 unspecified atom stereocenters. The van der Waals surface area contributed by atoms with Gasteiger partial charge in [0, 0.05) is 35.5 Å². The molecule has 0 aliphatic heterocycles. The van der Waals surface area contributed by atoms with Crippen molar-refractivity contribution in [3.63, 3.8) is 0 Å². The summed E-state index contributed by atoms with van der Waals surface area (Å²) < 4.78 is 1.87. The van der Waals surface area contributed by atoms with E-state index in [0.717, 1.165) is 18.7 Å². The molecule has 0 spiro atoms. The topological polar surface area (TPSA) is 29.9 Å². The summed E-state index contributed by atoms with van der Waals surface area (Å²) in [6.07, 6.45) is 5.21. The lowest BCUT2D eigenvalue weighted by Crippen LogP contribution is -2.23. The fourth-order valence-corrected chi connectivity index (χ4v) is 3.23. The third-order valence-electron chi connectivity index (χ3n) is 3.27. The highest BCUT2D eigenvalue weighted by Gasteiger charge is 2.13. The van der Waals surface area contributed by atoms with E-state index in [1.54, 1.807) is 0 Å². The fourth-order valence-electron chi connectivity index (χ4n) is 2.10. The second-order valence-electron chi connectivity index (χ2n) is 5.03. The van der Waals surface area contributed by atoms with E-state index in [1.807, 2.05) is 29.7 Å². The van der Waals surface area contributed by atoms with E-state index in [-0.39, 0.29) is 0 Å². The quantitative estimate of drug-likeness (QED) is 0.790. The molecule has 1 aromatic carbocycles. The average molecular weight is 289 g/mol. The van der Waals surface area contributed by atoms with Crippen molar-refractivity contribution in [3.05, 3.63) is 47.8 Å². The van der Waals surface area contributed by atoms with Gasteiger partial charge in [0.05, 0.1) is 6.20 Å². The molecule has 4 heteroatoms. The van der Waals surface area contributed by atoms with Crippen molar-refractivity contribution in [2.75, 3.05) is 12.3 Å². The first-order valence-corrected chi connectivity index (χ1v) is 8.09. The van der Waals surface area contributed by atoms with Crippen molar-refractivity contribution in [2.45, 2.75) is 31.2 Å². The zero-order chi connectivity index (χ0) is 14.4. The molecule has 20 heavy (non-hydrogen) atoms. The van der Waals surface area contributed by atoms with Crippen molar-refractivity contribution in [2.24, 2.45) is 7.05 Å².